The van der Waals surface area contributed by atoms with Crippen LogP contribution in [0, 0.1) is 0 Å². The topological polar surface area (TPSA) is 27.1 Å². The summed E-state index contributed by atoms with van der Waals surface area (Å²) >= 11 is 0. The number of rotatable bonds is 5. The number of hydrogen-bond acceptors (Lipinski definition) is 2. The molecule has 3 nitrogen and oxygen atoms in total. The fourth-order valence-electron chi connectivity index (χ4n) is 1.95. The van der Waals surface area contributed by atoms with E-state index >= 15 is 0 Å². The van der Waals surface area contributed by atoms with Gasteiger partial charge in [0.1, 0.15) is 11.6 Å². The molecule has 0 aliphatic heterocycles. The van der Waals surface area contributed by atoms with Crippen LogP contribution in [0.5, 0.6) is 5.75 Å². The van der Waals surface area contributed by atoms with Crippen molar-refractivity contribution in [2.75, 3.05) is 7.11 Å². The molecule has 0 saturated heterocycles. The minimum absolute atomic E-state index is 0.819. The maximum atomic E-state index is 5.36. The molecule has 0 amide bonds. The first kappa shape index (κ1) is 11.7. The van der Waals surface area contributed by atoms with Gasteiger partial charge in [-0.1, -0.05) is 25.1 Å². The second kappa shape index (κ2) is 5.53. The molecule has 0 unspecified atom stereocenters. The van der Waals surface area contributed by atoms with E-state index in [4.69, 9.17) is 4.74 Å². The SMILES string of the molecule is CCCc1nccn1Cc1ccccc1OC. The van der Waals surface area contributed by atoms with Crippen molar-refractivity contribution in [1.82, 2.24) is 9.55 Å². The molecule has 3 heteroatoms. The predicted octanol–water partition coefficient (Wildman–Crippen LogP) is 2.89. The number of aromatic nitrogens is 2. The van der Waals surface area contributed by atoms with Gasteiger partial charge in [-0.2, -0.15) is 0 Å². The molecule has 0 saturated carbocycles. The quantitative estimate of drug-likeness (QED) is 0.789. The predicted molar refractivity (Wildman–Crippen MR) is 68.3 cm³/mol. The van der Waals surface area contributed by atoms with Gasteiger partial charge >= 0.3 is 0 Å². The Kier molecular flexibility index (Phi) is 3.81. The maximum absolute atomic E-state index is 5.36. The molecule has 0 aliphatic rings. The van der Waals surface area contributed by atoms with Crippen molar-refractivity contribution >= 4 is 0 Å². The fraction of sp³-hybridized carbons (Fsp3) is 0.357. The third kappa shape index (κ3) is 2.67. The zero-order chi connectivity index (χ0) is 12.1. The summed E-state index contributed by atoms with van der Waals surface area (Å²) in [6, 6.07) is 8.11. The smallest absolute Gasteiger partial charge is 0.123 e. The Labute approximate surface area is 102 Å². The number of nitrogens with zero attached hydrogens (tertiary/aromatic N) is 2. The Hall–Kier alpha value is -1.77. The highest BCUT2D eigenvalue weighted by atomic mass is 16.5. The largest absolute Gasteiger partial charge is 0.496 e. The van der Waals surface area contributed by atoms with Crippen LogP contribution in [0.4, 0.5) is 0 Å². The zero-order valence-corrected chi connectivity index (χ0v) is 10.4. The van der Waals surface area contributed by atoms with E-state index in [2.05, 4.69) is 22.5 Å². The number of benzene rings is 1. The Morgan fingerprint density at radius 1 is 1.29 bits per heavy atom. The number of aryl methyl sites for hydroxylation is 1. The van der Waals surface area contributed by atoms with Gasteiger partial charge < -0.3 is 9.30 Å². The molecule has 90 valence electrons. The molecule has 17 heavy (non-hydrogen) atoms. The van der Waals surface area contributed by atoms with Crippen molar-refractivity contribution in [3.05, 3.63) is 48.0 Å². The number of imidazole rings is 1. The summed E-state index contributed by atoms with van der Waals surface area (Å²) in [6.07, 6.45) is 6.02. The molecule has 0 aliphatic carbocycles. The molecule has 1 heterocycles. The first-order chi connectivity index (χ1) is 8.35. The summed E-state index contributed by atoms with van der Waals surface area (Å²) < 4.78 is 7.54. The van der Waals surface area contributed by atoms with E-state index in [1.807, 2.05) is 30.6 Å². The summed E-state index contributed by atoms with van der Waals surface area (Å²) in [5.41, 5.74) is 1.19. The number of hydrogen-bond donors (Lipinski definition) is 0. The molecule has 0 radical (unpaired) electrons. The first-order valence-corrected chi connectivity index (χ1v) is 5.97. The second-order valence-electron chi connectivity index (χ2n) is 4.03. The van der Waals surface area contributed by atoms with Gasteiger partial charge in [0.25, 0.3) is 0 Å². The second-order valence-corrected chi connectivity index (χ2v) is 4.03. The van der Waals surface area contributed by atoms with E-state index in [9.17, 15) is 0 Å². The van der Waals surface area contributed by atoms with Gasteiger partial charge in [0.15, 0.2) is 0 Å². The summed E-state index contributed by atoms with van der Waals surface area (Å²) in [4.78, 5) is 4.38. The summed E-state index contributed by atoms with van der Waals surface area (Å²) in [7, 11) is 1.71. The van der Waals surface area contributed by atoms with Crippen LogP contribution in [0.15, 0.2) is 36.7 Å². The highest BCUT2D eigenvalue weighted by molar-refractivity contribution is 5.33. The van der Waals surface area contributed by atoms with Crippen molar-refractivity contribution in [1.29, 1.82) is 0 Å². The average Bonchev–Trinajstić information content (AvgIpc) is 2.78. The molecular weight excluding hydrogens is 212 g/mol. The van der Waals surface area contributed by atoms with Gasteiger partial charge in [-0.3, -0.25) is 0 Å². The minimum atomic E-state index is 0.819. The summed E-state index contributed by atoms with van der Waals surface area (Å²) in [5, 5.41) is 0. The molecule has 1 aromatic heterocycles. The van der Waals surface area contributed by atoms with Crippen molar-refractivity contribution < 1.29 is 4.74 Å². The third-order valence-corrected chi connectivity index (χ3v) is 2.81. The molecule has 0 fully saturated rings. The van der Waals surface area contributed by atoms with Crippen molar-refractivity contribution in [2.45, 2.75) is 26.3 Å². The lowest BCUT2D eigenvalue weighted by molar-refractivity contribution is 0.408. The molecular formula is C14H18N2O. The van der Waals surface area contributed by atoms with Crippen LogP contribution in [-0.2, 0) is 13.0 Å². The van der Waals surface area contributed by atoms with Crippen LogP contribution in [-0.4, -0.2) is 16.7 Å². The highest BCUT2D eigenvalue weighted by Crippen LogP contribution is 2.19. The van der Waals surface area contributed by atoms with E-state index in [1.165, 1.54) is 5.56 Å². The molecule has 0 bridgehead atoms. The van der Waals surface area contributed by atoms with Gasteiger partial charge in [-0.15, -0.1) is 0 Å². The lowest BCUT2D eigenvalue weighted by Gasteiger charge is -2.10. The van der Waals surface area contributed by atoms with E-state index in [1.54, 1.807) is 7.11 Å². The minimum Gasteiger partial charge on any atom is -0.496 e. The molecule has 1 aromatic carbocycles. The van der Waals surface area contributed by atoms with E-state index < -0.39 is 0 Å². The zero-order valence-electron chi connectivity index (χ0n) is 10.4. The number of methoxy groups -OCH3 is 1. The van der Waals surface area contributed by atoms with Gasteiger partial charge in [-0.25, -0.2) is 4.98 Å². The van der Waals surface area contributed by atoms with Gasteiger partial charge in [0.05, 0.1) is 13.7 Å². The standard InChI is InChI=1S/C14H18N2O/c1-3-6-14-15-9-10-16(14)11-12-7-4-5-8-13(12)17-2/h4-5,7-10H,3,6,11H2,1-2H3. The Balaban J connectivity index is 2.22. The molecule has 0 atom stereocenters. The van der Waals surface area contributed by atoms with Gasteiger partial charge in [0, 0.05) is 24.4 Å². The summed E-state index contributed by atoms with van der Waals surface area (Å²) in [5.74, 6) is 2.07. The van der Waals surface area contributed by atoms with Gasteiger partial charge in [-0.05, 0) is 12.5 Å². The van der Waals surface area contributed by atoms with E-state index in [0.717, 1.165) is 31.0 Å². The van der Waals surface area contributed by atoms with Gasteiger partial charge in [0.2, 0.25) is 0 Å². The van der Waals surface area contributed by atoms with Crippen LogP contribution in [0.3, 0.4) is 0 Å². The van der Waals surface area contributed by atoms with Crippen LogP contribution in [0.1, 0.15) is 24.7 Å². The fourth-order valence-corrected chi connectivity index (χ4v) is 1.95. The Morgan fingerprint density at radius 3 is 2.88 bits per heavy atom. The van der Waals surface area contributed by atoms with Crippen LogP contribution >= 0.6 is 0 Å². The van der Waals surface area contributed by atoms with Crippen LogP contribution in [0.2, 0.25) is 0 Å². The van der Waals surface area contributed by atoms with E-state index in [-0.39, 0.29) is 0 Å². The lowest BCUT2D eigenvalue weighted by Crippen LogP contribution is -2.05. The summed E-state index contributed by atoms with van der Waals surface area (Å²) in [6.45, 7) is 2.99. The van der Waals surface area contributed by atoms with Crippen LogP contribution < -0.4 is 4.74 Å². The third-order valence-electron chi connectivity index (χ3n) is 2.81. The lowest BCUT2D eigenvalue weighted by atomic mass is 10.2. The molecule has 2 aromatic rings. The Morgan fingerprint density at radius 2 is 2.12 bits per heavy atom. The number of para-hydroxylation sites is 1. The normalized spacial score (nSPS) is 10.5. The highest BCUT2D eigenvalue weighted by Gasteiger charge is 2.06. The molecule has 2 rings (SSSR count). The van der Waals surface area contributed by atoms with Crippen molar-refractivity contribution in [2.24, 2.45) is 0 Å². The average molecular weight is 230 g/mol. The maximum Gasteiger partial charge on any atom is 0.123 e. The molecule has 0 spiro atoms. The molecule has 0 N–H and O–H groups in total. The first-order valence-electron chi connectivity index (χ1n) is 5.97. The van der Waals surface area contributed by atoms with Crippen molar-refractivity contribution in [3.63, 3.8) is 0 Å². The monoisotopic (exact) mass is 230 g/mol. The van der Waals surface area contributed by atoms with Crippen molar-refractivity contribution in [3.8, 4) is 5.75 Å². The Bertz CT molecular complexity index is 477. The number of ether oxygens (including phenoxy) is 1. The van der Waals surface area contributed by atoms with Crippen LogP contribution in [0.25, 0.3) is 0 Å². The van der Waals surface area contributed by atoms with E-state index in [0.29, 0.717) is 0 Å².